The first kappa shape index (κ1) is 22.3. The maximum absolute atomic E-state index is 12.4. The fourth-order valence-corrected chi connectivity index (χ4v) is 3.07. The maximum Gasteiger partial charge on any atom is 0.289 e. The van der Waals surface area contributed by atoms with Gasteiger partial charge in [-0.05, 0) is 51.8 Å². The highest BCUT2D eigenvalue weighted by Gasteiger charge is 2.20. The van der Waals surface area contributed by atoms with Crippen LogP contribution in [0.5, 0.6) is 0 Å². The number of hydrogen-bond acceptors (Lipinski definition) is 5. The normalized spacial score (nSPS) is 11.5. The third-order valence-corrected chi connectivity index (χ3v) is 4.77. The monoisotopic (exact) mass is 423 g/mol. The summed E-state index contributed by atoms with van der Waals surface area (Å²) in [5.41, 5.74) is 2.21. The van der Waals surface area contributed by atoms with Crippen molar-refractivity contribution in [1.29, 1.82) is 0 Å². The molecule has 0 spiro atoms. The molecule has 0 fully saturated rings. The molecule has 0 bridgehead atoms. The topological polar surface area (TPSA) is 113 Å². The predicted octanol–water partition coefficient (Wildman–Crippen LogP) is 4.18. The van der Waals surface area contributed by atoms with Crippen molar-refractivity contribution >= 4 is 11.8 Å². The number of aromatic amines is 1. The van der Waals surface area contributed by atoms with E-state index in [0.717, 1.165) is 18.4 Å². The molecular formula is C23H29N5O3. The Labute approximate surface area is 181 Å². The summed E-state index contributed by atoms with van der Waals surface area (Å²) in [7, 11) is 0. The van der Waals surface area contributed by atoms with Crippen LogP contribution < -0.4 is 10.6 Å². The molecule has 0 atom stereocenters. The van der Waals surface area contributed by atoms with Crippen LogP contribution in [0.1, 0.15) is 68.5 Å². The third kappa shape index (κ3) is 5.59. The molecule has 164 valence electrons. The Hall–Kier alpha value is -3.42. The minimum Gasteiger partial charge on any atom is -0.431 e. The van der Waals surface area contributed by atoms with Gasteiger partial charge < -0.3 is 15.1 Å². The van der Waals surface area contributed by atoms with Crippen molar-refractivity contribution in [1.82, 2.24) is 25.8 Å². The van der Waals surface area contributed by atoms with Crippen LogP contribution in [0.2, 0.25) is 0 Å². The highest BCUT2D eigenvalue weighted by atomic mass is 16.4. The molecule has 1 aromatic carbocycles. The van der Waals surface area contributed by atoms with E-state index < -0.39 is 0 Å². The molecule has 3 aromatic rings. The molecule has 2 aromatic heterocycles. The van der Waals surface area contributed by atoms with Crippen LogP contribution in [0.3, 0.4) is 0 Å². The van der Waals surface area contributed by atoms with Crippen LogP contribution in [0.25, 0.3) is 22.7 Å². The molecule has 0 radical (unpaired) electrons. The smallest absolute Gasteiger partial charge is 0.289 e. The number of oxazole rings is 1. The van der Waals surface area contributed by atoms with Gasteiger partial charge in [0, 0.05) is 22.7 Å². The lowest BCUT2D eigenvalue weighted by Crippen LogP contribution is -2.40. The summed E-state index contributed by atoms with van der Waals surface area (Å²) in [6.07, 6.45) is 3.15. The van der Waals surface area contributed by atoms with Gasteiger partial charge in [0.1, 0.15) is 0 Å². The summed E-state index contributed by atoms with van der Waals surface area (Å²) < 4.78 is 5.67. The molecule has 0 saturated carbocycles. The Bertz CT molecular complexity index is 1060. The van der Waals surface area contributed by atoms with Gasteiger partial charge in [-0.15, -0.1) is 0 Å². The number of hydrogen-bond donors (Lipinski definition) is 3. The Morgan fingerprint density at radius 1 is 1.10 bits per heavy atom. The van der Waals surface area contributed by atoms with Crippen molar-refractivity contribution in [3.05, 3.63) is 48.0 Å². The summed E-state index contributed by atoms with van der Waals surface area (Å²) in [4.78, 5) is 28.9. The van der Waals surface area contributed by atoms with E-state index in [1.807, 2.05) is 58.9 Å². The van der Waals surface area contributed by atoms with Gasteiger partial charge in [-0.2, -0.15) is 5.10 Å². The summed E-state index contributed by atoms with van der Waals surface area (Å²) in [6.45, 7) is 9.77. The first-order valence-corrected chi connectivity index (χ1v) is 10.5. The van der Waals surface area contributed by atoms with Crippen molar-refractivity contribution in [3.63, 3.8) is 0 Å². The zero-order valence-corrected chi connectivity index (χ0v) is 18.6. The number of carbonyl (C=O) groups is 2. The summed E-state index contributed by atoms with van der Waals surface area (Å²) in [5.74, 6) is -0.0250. The molecule has 3 rings (SSSR count). The molecule has 8 heteroatoms. The van der Waals surface area contributed by atoms with E-state index in [0.29, 0.717) is 22.8 Å². The molecule has 0 aliphatic rings. The van der Waals surface area contributed by atoms with E-state index in [2.05, 4.69) is 25.8 Å². The van der Waals surface area contributed by atoms with Crippen molar-refractivity contribution in [2.24, 2.45) is 0 Å². The average Bonchev–Trinajstić information content (AvgIpc) is 3.41. The molecule has 0 saturated heterocycles. The molecule has 0 aliphatic carbocycles. The Morgan fingerprint density at radius 2 is 1.81 bits per heavy atom. The molecule has 2 amide bonds. The Balaban J connectivity index is 1.78. The maximum atomic E-state index is 12.4. The van der Waals surface area contributed by atoms with Gasteiger partial charge >= 0.3 is 0 Å². The zero-order valence-electron chi connectivity index (χ0n) is 18.6. The number of benzene rings is 1. The van der Waals surface area contributed by atoms with Crippen molar-refractivity contribution in [2.75, 3.05) is 0 Å². The van der Waals surface area contributed by atoms with Gasteiger partial charge in [-0.25, -0.2) is 4.98 Å². The quantitative estimate of drug-likeness (QED) is 0.528. The Morgan fingerprint density at radius 3 is 2.48 bits per heavy atom. The van der Waals surface area contributed by atoms with Gasteiger partial charge in [-0.3, -0.25) is 14.7 Å². The SMILES string of the molecule is CCC(CC)NC(=O)c1cc(-c2cccc(-c3ncc(C(=O)NC(C)(C)C)o3)c2)[nH]n1. The van der Waals surface area contributed by atoms with Crippen LogP contribution in [0, 0.1) is 0 Å². The lowest BCUT2D eigenvalue weighted by molar-refractivity contribution is 0.0890. The average molecular weight is 424 g/mol. The van der Waals surface area contributed by atoms with Gasteiger partial charge in [-0.1, -0.05) is 26.0 Å². The molecule has 2 heterocycles. The van der Waals surface area contributed by atoms with Crippen LogP contribution in [-0.4, -0.2) is 38.6 Å². The lowest BCUT2D eigenvalue weighted by atomic mass is 10.1. The largest absolute Gasteiger partial charge is 0.431 e. The number of amides is 2. The fourth-order valence-electron chi connectivity index (χ4n) is 3.07. The van der Waals surface area contributed by atoms with Gasteiger partial charge in [0.25, 0.3) is 11.8 Å². The highest BCUT2D eigenvalue weighted by molar-refractivity contribution is 5.93. The summed E-state index contributed by atoms with van der Waals surface area (Å²) in [6, 6.07) is 9.31. The summed E-state index contributed by atoms with van der Waals surface area (Å²) >= 11 is 0. The van der Waals surface area contributed by atoms with E-state index >= 15 is 0 Å². The van der Waals surface area contributed by atoms with Gasteiger partial charge in [0.05, 0.1) is 11.9 Å². The number of nitrogens with zero attached hydrogens (tertiary/aromatic N) is 2. The molecular weight excluding hydrogens is 394 g/mol. The van der Waals surface area contributed by atoms with Crippen molar-refractivity contribution < 1.29 is 14.0 Å². The standard InChI is InChI=1S/C23H29N5O3/c1-6-16(7-2)25-20(29)18-12-17(27-28-18)14-9-8-10-15(11-14)22-24-13-19(31-22)21(30)26-23(3,4)5/h8-13,16H,6-7H2,1-5H3,(H,25,29)(H,26,30)(H,27,28). The van der Waals surface area contributed by atoms with E-state index in [4.69, 9.17) is 4.42 Å². The van der Waals surface area contributed by atoms with Gasteiger partial charge in [0.15, 0.2) is 5.69 Å². The molecule has 0 aliphatic heterocycles. The minimum atomic E-state index is -0.372. The number of aromatic nitrogens is 3. The van der Waals surface area contributed by atoms with Crippen LogP contribution in [0.15, 0.2) is 40.9 Å². The van der Waals surface area contributed by atoms with Gasteiger partial charge in [0.2, 0.25) is 11.7 Å². The molecule has 3 N–H and O–H groups in total. The van der Waals surface area contributed by atoms with Crippen molar-refractivity contribution in [2.45, 2.75) is 59.0 Å². The molecule has 31 heavy (non-hydrogen) atoms. The zero-order chi connectivity index (χ0) is 22.6. The number of rotatable bonds is 7. The van der Waals surface area contributed by atoms with Crippen molar-refractivity contribution in [3.8, 4) is 22.7 Å². The van der Waals surface area contributed by atoms with E-state index in [1.165, 1.54) is 6.20 Å². The lowest BCUT2D eigenvalue weighted by Gasteiger charge is -2.19. The molecule has 0 unspecified atom stereocenters. The fraction of sp³-hybridized carbons (Fsp3) is 0.391. The second kappa shape index (κ2) is 9.16. The second-order valence-electron chi connectivity index (χ2n) is 8.47. The predicted molar refractivity (Wildman–Crippen MR) is 119 cm³/mol. The number of H-pyrrole nitrogens is 1. The first-order valence-electron chi connectivity index (χ1n) is 10.5. The highest BCUT2D eigenvalue weighted by Crippen LogP contribution is 2.26. The minimum absolute atomic E-state index is 0.130. The van der Waals surface area contributed by atoms with E-state index in [9.17, 15) is 9.59 Å². The van der Waals surface area contributed by atoms with E-state index in [1.54, 1.807) is 6.07 Å². The van der Waals surface area contributed by atoms with Crippen LogP contribution in [0.4, 0.5) is 0 Å². The molecule has 8 nitrogen and oxygen atoms in total. The van der Waals surface area contributed by atoms with Crippen LogP contribution >= 0.6 is 0 Å². The second-order valence-corrected chi connectivity index (χ2v) is 8.47. The summed E-state index contributed by atoms with van der Waals surface area (Å²) in [5, 5.41) is 12.9. The number of carbonyl (C=O) groups excluding carboxylic acids is 2. The third-order valence-electron chi connectivity index (χ3n) is 4.77. The first-order chi connectivity index (χ1) is 14.7. The Kier molecular flexibility index (Phi) is 6.58. The van der Waals surface area contributed by atoms with Crippen LogP contribution in [-0.2, 0) is 0 Å². The number of nitrogens with one attached hydrogen (secondary N) is 3. The van der Waals surface area contributed by atoms with E-state index in [-0.39, 0.29) is 29.2 Å².